The molecule has 0 saturated carbocycles. The minimum atomic E-state index is -0.127. The van der Waals surface area contributed by atoms with Gasteiger partial charge in [-0.15, -0.1) is 0 Å². The van der Waals surface area contributed by atoms with Crippen LogP contribution in [0.2, 0.25) is 0 Å². The second-order valence-electron chi connectivity index (χ2n) is 4.31. The molecular weight excluding hydrogens is 282 g/mol. The van der Waals surface area contributed by atoms with Crippen LogP contribution in [0.4, 0.5) is 0 Å². The van der Waals surface area contributed by atoms with Gasteiger partial charge in [-0.05, 0) is 62.0 Å². The van der Waals surface area contributed by atoms with Gasteiger partial charge in [0.25, 0.3) is 5.91 Å². The van der Waals surface area contributed by atoms with E-state index in [1.165, 1.54) is 0 Å². The third-order valence-electron chi connectivity index (χ3n) is 2.33. The molecular formula is C12H18BrN3O. The van der Waals surface area contributed by atoms with E-state index in [9.17, 15) is 4.79 Å². The maximum atomic E-state index is 11.8. The predicted molar refractivity (Wildman–Crippen MR) is 72.0 cm³/mol. The zero-order chi connectivity index (χ0) is 12.8. The fraction of sp³-hybridized carbons (Fsp3) is 0.500. The summed E-state index contributed by atoms with van der Waals surface area (Å²) >= 11 is 3.25. The van der Waals surface area contributed by atoms with E-state index in [4.69, 9.17) is 0 Å². The maximum absolute atomic E-state index is 11.8. The largest absolute Gasteiger partial charge is 0.348 e. The summed E-state index contributed by atoms with van der Waals surface area (Å²) in [6.07, 6.45) is 0.923. The smallest absolute Gasteiger partial charge is 0.270 e. The first kappa shape index (κ1) is 14.1. The Labute approximate surface area is 111 Å². The number of halogens is 1. The van der Waals surface area contributed by atoms with Gasteiger partial charge in [0.2, 0.25) is 0 Å². The fourth-order valence-corrected chi connectivity index (χ4v) is 1.70. The lowest BCUT2D eigenvalue weighted by Gasteiger charge is -2.16. The molecule has 0 aliphatic rings. The first-order valence-corrected chi connectivity index (χ1v) is 6.36. The van der Waals surface area contributed by atoms with Crippen molar-refractivity contribution in [2.45, 2.75) is 19.4 Å². The van der Waals surface area contributed by atoms with Crippen molar-refractivity contribution in [2.75, 3.05) is 20.6 Å². The van der Waals surface area contributed by atoms with E-state index >= 15 is 0 Å². The number of nitrogens with one attached hydrogen (secondary N) is 1. The molecule has 17 heavy (non-hydrogen) atoms. The van der Waals surface area contributed by atoms with Gasteiger partial charge in [-0.1, -0.05) is 6.07 Å². The SMILES string of the molecule is CC(CCN(C)C)NC(=O)c1cccc(Br)n1. The normalized spacial score (nSPS) is 12.5. The van der Waals surface area contributed by atoms with Crippen molar-refractivity contribution in [3.8, 4) is 0 Å². The molecule has 1 amide bonds. The third kappa shape index (κ3) is 5.28. The summed E-state index contributed by atoms with van der Waals surface area (Å²) in [5, 5.41) is 2.93. The van der Waals surface area contributed by atoms with E-state index in [0.717, 1.165) is 13.0 Å². The Morgan fingerprint density at radius 1 is 1.53 bits per heavy atom. The van der Waals surface area contributed by atoms with Crippen molar-refractivity contribution < 1.29 is 4.79 Å². The van der Waals surface area contributed by atoms with Gasteiger partial charge in [-0.3, -0.25) is 4.79 Å². The monoisotopic (exact) mass is 299 g/mol. The summed E-state index contributed by atoms with van der Waals surface area (Å²) in [6.45, 7) is 2.95. The number of hydrogen-bond donors (Lipinski definition) is 1. The highest BCUT2D eigenvalue weighted by atomic mass is 79.9. The van der Waals surface area contributed by atoms with E-state index in [0.29, 0.717) is 10.3 Å². The average molecular weight is 300 g/mol. The minimum absolute atomic E-state index is 0.127. The molecule has 1 atom stereocenters. The highest BCUT2D eigenvalue weighted by molar-refractivity contribution is 9.10. The first-order valence-electron chi connectivity index (χ1n) is 5.57. The molecule has 1 aromatic heterocycles. The first-order chi connectivity index (χ1) is 7.99. The van der Waals surface area contributed by atoms with Crippen LogP contribution in [0.5, 0.6) is 0 Å². The molecule has 1 aromatic rings. The van der Waals surface area contributed by atoms with Crippen LogP contribution in [0, 0.1) is 0 Å². The molecule has 0 aromatic carbocycles. The van der Waals surface area contributed by atoms with E-state index in [1.54, 1.807) is 18.2 Å². The Morgan fingerprint density at radius 3 is 2.82 bits per heavy atom. The predicted octanol–water partition coefficient (Wildman–Crippen LogP) is 1.91. The molecule has 0 fully saturated rings. The van der Waals surface area contributed by atoms with Gasteiger partial charge >= 0.3 is 0 Å². The lowest BCUT2D eigenvalue weighted by molar-refractivity contribution is 0.0931. The van der Waals surface area contributed by atoms with E-state index in [-0.39, 0.29) is 11.9 Å². The Bertz CT molecular complexity index is 382. The lowest BCUT2D eigenvalue weighted by atomic mass is 10.2. The second kappa shape index (κ2) is 6.71. The van der Waals surface area contributed by atoms with Gasteiger partial charge < -0.3 is 10.2 Å². The molecule has 0 aliphatic heterocycles. The van der Waals surface area contributed by atoms with Gasteiger partial charge in [0, 0.05) is 6.04 Å². The van der Waals surface area contributed by atoms with Crippen LogP contribution in [-0.2, 0) is 0 Å². The van der Waals surface area contributed by atoms with E-state index in [1.807, 2.05) is 21.0 Å². The molecule has 0 aliphatic carbocycles. The number of nitrogens with zero attached hydrogens (tertiary/aromatic N) is 2. The molecule has 1 N–H and O–H groups in total. The van der Waals surface area contributed by atoms with Crippen LogP contribution in [-0.4, -0.2) is 42.5 Å². The molecule has 1 unspecified atom stereocenters. The summed E-state index contributed by atoms with van der Waals surface area (Å²) in [5.41, 5.74) is 0.441. The van der Waals surface area contributed by atoms with E-state index in [2.05, 4.69) is 31.1 Å². The average Bonchev–Trinajstić information content (AvgIpc) is 2.26. The Kier molecular flexibility index (Phi) is 5.58. The zero-order valence-corrected chi connectivity index (χ0v) is 12.0. The second-order valence-corrected chi connectivity index (χ2v) is 5.12. The Hall–Kier alpha value is -0.940. The van der Waals surface area contributed by atoms with Crippen LogP contribution in [0.25, 0.3) is 0 Å². The standard InChI is InChI=1S/C12H18BrN3O/c1-9(7-8-16(2)3)14-12(17)10-5-4-6-11(13)15-10/h4-6,9H,7-8H2,1-3H3,(H,14,17). The van der Waals surface area contributed by atoms with Crippen LogP contribution < -0.4 is 5.32 Å². The van der Waals surface area contributed by atoms with Crippen molar-refractivity contribution in [3.05, 3.63) is 28.5 Å². The third-order valence-corrected chi connectivity index (χ3v) is 2.78. The molecule has 94 valence electrons. The maximum Gasteiger partial charge on any atom is 0.270 e. The summed E-state index contributed by atoms with van der Waals surface area (Å²) < 4.78 is 0.672. The topological polar surface area (TPSA) is 45.2 Å². The number of carbonyl (C=O) groups excluding carboxylic acids is 1. The molecule has 0 bridgehead atoms. The van der Waals surface area contributed by atoms with Crippen LogP contribution in [0.15, 0.2) is 22.8 Å². The fourth-order valence-electron chi connectivity index (χ4n) is 1.36. The molecule has 4 nitrogen and oxygen atoms in total. The number of carbonyl (C=O) groups is 1. The highest BCUT2D eigenvalue weighted by Crippen LogP contribution is 2.06. The summed E-state index contributed by atoms with van der Waals surface area (Å²) in [4.78, 5) is 18.1. The van der Waals surface area contributed by atoms with E-state index < -0.39 is 0 Å². The highest BCUT2D eigenvalue weighted by Gasteiger charge is 2.11. The van der Waals surface area contributed by atoms with Gasteiger partial charge in [0.15, 0.2) is 0 Å². The van der Waals surface area contributed by atoms with Crippen LogP contribution in [0.3, 0.4) is 0 Å². The summed E-state index contributed by atoms with van der Waals surface area (Å²) in [5.74, 6) is -0.127. The van der Waals surface area contributed by atoms with Gasteiger partial charge in [0.05, 0.1) is 0 Å². The molecule has 0 spiro atoms. The van der Waals surface area contributed by atoms with Crippen molar-refractivity contribution in [3.63, 3.8) is 0 Å². The van der Waals surface area contributed by atoms with Gasteiger partial charge in [-0.2, -0.15) is 0 Å². The van der Waals surface area contributed by atoms with Crippen molar-refractivity contribution in [1.29, 1.82) is 0 Å². The molecule has 5 heteroatoms. The number of rotatable bonds is 5. The zero-order valence-electron chi connectivity index (χ0n) is 10.4. The van der Waals surface area contributed by atoms with Crippen molar-refractivity contribution in [2.24, 2.45) is 0 Å². The molecule has 1 heterocycles. The van der Waals surface area contributed by atoms with Crippen molar-refractivity contribution in [1.82, 2.24) is 15.2 Å². The number of hydrogen-bond acceptors (Lipinski definition) is 3. The number of amides is 1. The summed E-state index contributed by atoms with van der Waals surface area (Å²) in [7, 11) is 4.04. The molecule has 0 radical (unpaired) electrons. The van der Waals surface area contributed by atoms with Gasteiger partial charge in [0.1, 0.15) is 10.3 Å². The van der Waals surface area contributed by atoms with Gasteiger partial charge in [-0.25, -0.2) is 4.98 Å². The number of aromatic nitrogens is 1. The Balaban J connectivity index is 2.49. The van der Waals surface area contributed by atoms with Crippen LogP contribution >= 0.6 is 15.9 Å². The lowest BCUT2D eigenvalue weighted by Crippen LogP contribution is -2.35. The number of pyridine rings is 1. The summed E-state index contributed by atoms with van der Waals surface area (Å²) in [6, 6.07) is 5.45. The Morgan fingerprint density at radius 2 is 2.24 bits per heavy atom. The molecule has 0 saturated heterocycles. The van der Waals surface area contributed by atoms with Crippen LogP contribution in [0.1, 0.15) is 23.8 Å². The molecule has 1 rings (SSSR count). The quantitative estimate of drug-likeness (QED) is 0.845. The van der Waals surface area contributed by atoms with Crippen molar-refractivity contribution >= 4 is 21.8 Å². The minimum Gasteiger partial charge on any atom is -0.348 e.